The number of nitrogens with zero attached hydrogens (tertiary/aromatic N) is 3. The number of allylic oxidation sites excluding steroid dienone is 4. The Morgan fingerprint density at radius 3 is 2.08 bits per heavy atom. The van der Waals surface area contributed by atoms with Gasteiger partial charge < -0.3 is 9.13 Å². The maximum Gasteiger partial charge on any atom is 0.0619 e. The molecule has 3 heterocycles. The molecular weight excluding hydrogens is 583 g/mol. The van der Waals surface area contributed by atoms with Crippen molar-refractivity contribution in [2.24, 2.45) is 0 Å². The summed E-state index contributed by atoms with van der Waals surface area (Å²) < 4.78 is 4.95. The van der Waals surface area contributed by atoms with Crippen molar-refractivity contribution < 1.29 is 0 Å². The van der Waals surface area contributed by atoms with Crippen LogP contribution in [0.15, 0.2) is 170 Å². The third-order valence-corrected chi connectivity index (χ3v) is 10.1. The van der Waals surface area contributed by atoms with Gasteiger partial charge >= 0.3 is 0 Å². The molecule has 0 amide bonds. The fourth-order valence-corrected chi connectivity index (χ4v) is 7.85. The normalized spacial score (nSPS) is 14.8. The fourth-order valence-electron chi connectivity index (χ4n) is 7.85. The Morgan fingerprint density at radius 1 is 0.521 bits per heavy atom. The minimum atomic E-state index is 0.192. The van der Waals surface area contributed by atoms with E-state index in [0.717, 1.165) is 17.7 Å². The quantitative estimate of drug-likeness (QED) is 0.194. The molecule has 9 aromatic rings. The molecule has 0 saturated carbocycles. The van der Waals surface area contributed by atoms with Crippen molar-refractivity contribution in [3.63, 3.8) is 0 Å². The zero-order chi connectivity index (χ0) is 31.6. The molecule has 1 atom stereocenters. The Kier molecular flexibility index (Phi) is 6.00. The monoisotopic (exact) mass is 613 g/mol. The van der Waals surface area contributed by atoms with Crippen LogP contribution < -0.4 is 0 Å². The lowest BCUT2D eigenvalue weighted by Gasteiger charge is -2.21. The number of aromatic nitrogens is 3. The van der Waals surface area contributed by atoms with Crippen molar-refractivity contribution in [1.82, 2.24) is 14.1 Å². The van der Waals surface area contributed by atoms with Crippen LogP contribution in [0.1, 0.15) is 18.0 Å². The molecule has 0 fully saturated rings. The first kappa shape index (κ1) is 27.0. The maximum absolute atomic E-state index is 4.96. The molecule has 0 saturated heterocycles. The number of fused-ring (bicyclic) bond motifs is 8. The summed E-state index contributed by atoms with van der Waals surface area (Å²) in [6, 6.07) is 52.7. The number of benzene rings is 6. The second kappa shape index (κ2) is 10.7. The molecule has 0 spiro atoms. The summed E-state index contributed by atoms with van der Waals surface area (Å²) in [5.41, 5.74) is 10.8. The van der Waals surface area contributed by atoms with Crippen molar-refractivity contribution >= 4 is 60.1 Å². The van der Waals surface area contributed by atoms with Crippen LogP contribution in [0.4, 0.5) is 0 Å². The van der Waals surface area contributed by atoms with Gasteiger partial charge in [-0.3, -0.25) is 4.98 Å². The molecule has 3 aromatic heterocycles. The second-order valence-electron chi connectivity index (χ2n) is 12.8. The van der Waals surface area contributed by atoms with Crippen molar-refractivity contribution in [3.05, 3.63) is 176 Å². The van der Waals surface area contributed by atoms with E-state index < -0.39 is 0 Å². The molecule has 3 heteroatoms. The smallest absolute Gasteiger partial charge is 0.0619 e. The van der Waals surface area contributed by atoms with Crippen LogP contribution in [-0.4, -0.2) is 14.1 Å². The van der Waals surface area contributed by atoms with Gasteiger partial charge in [0.15, 0.2) is 0 Å². The maximum atomic E-state index is 4.96. The third kappa shape index (κ3) is 4.11. The highest BCUT2D eigenvalue weighted by Gasteiger charge is 2.23. The van der Waals surface area contributed by atoms with Crippen molar-refractivity contribution in [3.8, 4) is 16.8 Å². The molecule has 48 heavy (non-hydrogen) atoms. The Morgan fingerprint density at radius 2 is 1.25 bits per heavy atom. The third-order valence-electron chi connectivity index (χ3n) is 10.1. The molecule has 1 aliphatic carbocycles. The fraction of sp³-hybridized carbons (Fsp3) is 0.0444. The lowest BCUT2D eigenvalue weighted by atomic mass is 9.93. The lowest BCUT2D eigenvalue weighted by molar-refractivity contribution is 0.804. The number of para-hydroxylation sites is 2. The van der Waals surface area contributed by atoms with E-state index in [1.807, 2.05) is 6.20 Å². The van der Waals surface area contributed by atoms with Gasteiger partial charge in [0.25, 0.3) is 0 Å². The van der Waals surface area contributed by atoms with Crippen LogP contribution in [0.5, 0.6) is 0 Å². The van der Waals surface area contributed by atoms with E-state index in [-0.39, 0.29) is 5.92 Å². The summed E-state index contributed by atoms with van der Waals surface area (Å²) >= 11 is 0. The highest BCUT2D eigenvalue weighted by atomic mass is 15.0. The first-order valence-corrected chi connectivity index (χ1v) is 16.7. The van der Waals surface area contributed by atoms with E-state index >= 15 is 0 Å². The average Bonchev–Trinajstić information content (AvgIpc) is 3.67. The largest absolute Gasteiger partial charge is 0.313 e. The topological polar surface area (TPSA) is 22.8 Å². The van der Waals surface area contributed by atoms with Crippen molar-refractivity contribution in [2.75, 3.05) is 0 Å². The minimum absolute atomic E-state index is 0.192. The highest BCUT2D eigenvalue weighted by molar-refractivity contribution is 6.23. The molecule has 3 nitrogen and oxygen atoms in total. The minimum Gasteiger partial charge on any atom is -0.313 e. The Balaban J connectivity index is 1.18. The van der Waals surface area contributed by atoms with Gasteiger partial charge in [-0.1, -0.05) is 121 Å². The Labute approximate surface area is 278 Å². The number of hydrogen-bond donors (Lipinski definition) is 0. The Hall–Kier alpha value is -6.19. The van der Waals surface area contributed by atoms with Gasteiger partial charge in [-0.25, -0.2) is 0 Å². The van der Waals surface area contributed by atoms with E-state index in [9.17, 15) is 0 Å². The summed E-state index contributed by atoms with van der Waals surface area (Å²) in [5.74, 6) is 0.192. The highest BCUT2D eigenvalue weighted by Crippen LogP contribution is 2.43. The molecule has 6 aromatic carbocycles. The molecule has 10 rings (SSSR count). The summed E-state index contributed by atoms with van der Waals surface area (Å²) in [5, 5.41) is 7.61. The van der Waals surface area contributed by atoms with E-state index in [1.54, 1.807) is 0 Å². The number of hydrogen-bond acceptors (Lipinski definition) is 1. The van der Waals surface area contributed by atoms with E-state index in [2.05, 4.69) is 173 Å². The molecule has 1 unspecified atom stereocenters. The number of rotatable bonds is 4. The van der Waals surface area contributed by atoms with Gasteiger partial charge in [-0.15, -0.1) is 0 Å². The molecule has 0 aliphatic heterocycles. The van der Waals surface area contributed by atoms with Crippen LogP contribution in [0.2, 0.25) is 0 Å². The summed E-state index contributed by atoms with van der Waals surface area (Å²) in [7, 11) is 0. The van der Waals surface area contributed by atoms with E-state index in [4.69, 9.17) is 4.98 Å². The van der Waals surface area contributed by atoms with Crippen LogP contribution >= 0.6 is 0 Å². The number of pyridine rings is 1. The second-order valence-corrected chi connectivity index (χ2v) is 12.8. The molecule has 0 radical (unpaired) electrons. The van der Waals surface area contributed by atoms with Crippen molar-refractivity contribution in [2.45, 2.75) is 12.3 Å². The van der Waals surface area contributed by atoms with E-state index in [1.165, 1.54) is 71.3 Å². The predicted octanol–water partition coefficient (Wildman–Crippen LogP) is 11.7. The first-order valence-electron chi connectivity index (χ1n) is 16.7. The zero-order valence-electron chi connectivity index (χ0n) is 26.3. The van der Waals surface area contributed by atoms with E-state index in [0.29, 0.717) is 0 Å². The molecule has 1 aliphatic rings. The van der Waals surface area contributed by atoms with Crippen LogP contribution in [0.25, 0.3) is 76.9 Å². The van der Waals surface area contributed by atoms with Gasteiger partial charge in [0.1, 0.15) is 0 Å². The summed E-state index contributed by atoms with van der Waals surface area (Å²) in [6.07, 6.45) is 9.66. The Bertz CT molecular complexity index is 2730. The predicted molar refractivity (Wildman–Crippen MR) is 202 cm³/mol. The van der Waals surface area contributed by atoms with Gasteiger partial charge in [0.2, 0.25) is 0 Å². The lowest BCUT2D eigenvalue weighted by Crippen LogP contribution is -2.07. The summed E-state index contributed by atoms with van der Waals surface area (Å²) in [6.45, 7) is 0. The summed E-state index contributed by atoms with van der Waals surface area (Å²) in [4.78, 5) is 4.96. The van der Waals surface area contributed by atoms with Gasteiger partial charge in [-0.05, 0) is 59.8 Å². The van der Waals surface area contributed by atoms with Crippen LogP contribution in [-0.2, 0) is 0 Å². The van der Waals surface area contributed by atoms with Gasteiger partial charge in [-0.2, -0.15) is 0 Å². The van der Waals surface area contributed by atoms with Gasteiger partial charge in [0.05, 0.1) is 22.1 Å². The first-order chi connectivity index (χ1) is 23.8. The van der Waals surface area contributed by atoms with Crippen LogP contribution in [0.3, 0.4) is 0 Å². The SMILES string of the molecule is C1=CC(c2ccc(-c3ccccc3)cn2)CC(n2c3ccccc3c3cc4c5ccc6ccccc6c5n(-c5ccccc5)c4cc32)=C1. The average molecular weight is 614 g/mol. The van der Waals surface area contributed by atoms with Crippen molar-refractivity contribution in [1.29, 1.82) is 0 Å². The van der Waals surface area contributed by atoms with Crippen LogP contribution in [0, 0.1) is 0 Å². The molecular formula is C45H31N3. The molecule has 0 bridgehead atoms. The molecule has 226 valence electrons. The van der Waals surface area contributed by atoms with Gasteiger partial charge in [0, 0.05) is 61.7 Å². The zero-order valence-corrected chi connectivity index (χ0v) is 26.3. The standard InChI is InChI=1S/C45H31N3/c1-3-12-30(13-4-1)33-23-25-41(46-29-33)32-15-11-18-35(26-32)47-42-21-10-9-20-37(42)39-27-40-38-24-22-31-14-7-8-19-36(31)45(38)48(44(40)28-43(39)47)34-16-5-2-6-17-34/h1-25,27-29,32H,26H2. The molecule has 0 N–H and O–H groups in total.